The van der Waals surface area contributed by atoms with E-state index in [-0.39, 0.29) is 24.8 Å². The van der Waals surface area contributed by atoms with Crippen LogP contribution in [0.15, 0.2) is 12.2 Å². The molecule has 0 bridgehead atoms. The summed E-state index contributed by atoms with van der Waals surface area (Å²) in [5, 5.41) is 12.0. The average molecular weight is 324 g/mol. The van der Waals surface area contributed by atoms with Crippen LogP contribution in [-0.2, 0) is 14.3 Å². The number of likely N-dealkylation sites (tertiary alicyclic amines) is 1. The lowest BCUT2D eigenvalue weighted by Gasteiger charge is -2.28. The first-order valence-electron chi connectivity index (χ1n) is 7.81. The first-order valence-corrected chi connectivity index (χ1v) is 7.81. The molecule has 1 fully saturated rings. The number of carboxylic acid groups (broad SMARTS) is 1. The van der Waals surface area contributed by atoms with Gasteiger partial charge in [-0.25, -0.2) is 9.59 Å². The third-order valence-corrected chi connectivity index (χ3v) is 4.09. The molecule has 1 saturated heterocycles. The maximum Gasteiger partial charge on any atom is 0.408 e. The second-order valence-corrected chi connectivity index (χ2v) is 7.16. The Balaban J connectivity index is 2.03. The average Bonchev–Trinajstić information content (AvgIpc) is 3.05. The minimum absolute atomic E-state index is 0.0308. The minimum atomic E-state index is -1.48. The summed E-state index contributed by atoms with van der Waals surface area (Å²) in [5.74, 6) is -1.31. The Morgan fingerprint density at radius 2 is 1.87 bits per heavy atom. The van der Waals surface area contributed by atoms with Crippen molar-refractivity contribution in [1.82, 2.24) is 10.2 Å². The molecule has 2 N–H and O–H groups in total. The Kier molecular flexibility index (Phi) is 4.68. The van der Waals surface area contributed by atoms with Crippen molar-refractivity contribution in [2.45, 2.75) is 51.2 Å². The highest BCUT2D eigenvalue weighted by molar-refractivity contribution is 5.88. The number of allylic oxidation sites excluding steroid dienone is 2. The predicted molar refractivity (Wildman–Crippen MR) is 82.8 cm³/mol. The largest absolute Gasteiger partial charge is 0.479 e. The number of aliphatic carboxylic acids is 1. The molecule has 2 amide bonds. The molecule has 1 atom stereocenters. The zero-order valence-electron chi connectivity index (χ0n) is 13.8. The maximum atomic E-state index is 12.4. The number of carbonyl (C=O) groups excluding carboxylic acids is 2. The Morgan fingerprint density at radius 3 is 2.39 bits per heavy atom. The highest BCUT2D eigenvalue weighted by atomic mass is 16.6. The molecule has 23 heavy (non-hydrogen) atoms. The van der Waals surface area contributed by atoms with Crippen LogP contribution in [0.25, 0.3) is 0 Å². The van der Waals surface area contributed by atoms with Gasteiger partial charge in [0.25, 0.3) is 0 Å². The molecule has 0 aromatic heterocycles. The van der Waals surface area contributed by atoms with Gasteiger partial charge in [0.15, 0.2) is 5.54 Å². The van der Waals surface area contributed by atoms with E-state index < -0.39 is 23.2 Å². The summed E-state index contributed by atoms with van der Waals surface area (Å²) in [6.45, 7) is 5.40. The van der Waals surface area contributed by atoms with Crippen LogP contribution in [0.2, 0.25) is 0 Å². The molecule has 1 unspecified atom stereocenters. The van der Waals surface area contributed by atoms with E-state index in [0.717, 1.165) is 0 Å². The first-order chi connectivity index (χ1) is 10.6. The maximum absolute atomic E-state index is 12.4. The van der Waals surface area contributed by atoms with Crippen LogP contribution in [0, 0.1) is 5.92 Å². The molecular formula is C16H24N2O5. The van der Waals surface area contributed by atoms with Gasteiger partial charge in [-0.3, -0.25) is 4.79 Å². The van der Waals surface area contributed by atoms with Gasteiger partial charge >= 0.3 is 12.1 Å². The summed E-state index contributed by atoms with van der Waals surface area (Å²) < 4.78 is 5.14. The number of hydrogen-bond acceptors (Lipinski definition) is 4. The summed E-state index contributed by atoms with van der Waals surface area (Å²) in [5.41, 5.74) is -2.20. The van der Waals surface area contributed by atoms with E-state index in [2.05, 4.69) is 5.32 Å². The zero-order chi connectivity index (χ0) is 17.3. The van der Waals surface area contributed by atoms with E-state index in [1.807, 2.05) is 12.2 Å². The van der Waals surface area contributed by atoms with E-state index in [0.29, 0.717) is 19.4 Å². The summed E-state index contributed by atoms with van der Waals surface area (Å²) >= 11 is 0. The quantitative estimate of drug-likeness (QED) is 0.768. The van der Waals surface area contributed by atoms with Crippen molar-refractivity contribution in [1.29, 1.82) is 0 Å². The van der Waals surface area contributed by atoms with E-state index in [4.69, 9.17) is 4.74 Å². The number of rotatable bonds is 3. The molecule has 7 heteroatoms. The van der Waals surface area contributed by atoms with Crippen LogP contribution in [0.5, 0.6) is 0 Å². The highest BCUT2D eigenvalue weighted by Crippen LogP contribution is 2.27. The fourth-order valence-corrected chi connectivity index (χ4v) is 2.90. The van der Waals surface area contributed by atoms with Crippen molar-refractivity contribution >= 4 is 18.0 Å². The smallest absolute Gasteiger partial charge is 0.408 e. The number of alkyl carbamates (subject to hydrolysis) is 1. The van der Waals surface area contributed by atoms with Gasteiger partial charge in [-0.15, -0.1) is 0 Å². The number of ether oxygens (including phenoxy) is 1. The number of amides is 2. The number of carbonyl (C=O) groups is 3. The van der Waals surface area contributed by atoms with Gasteiger partial charge in [0, 0.05) is 18.9 Å². The van der Waals surface area contributed by atoms with Gasteiger partial charge in [0.05, 0.1) is 6.54 Å². The highest BCUT2D eigenvalue weighted by Gasteiger charge is 2.49. The lowest BCUT2D eigenvalue weighted by Crippen LogP contribution is -2.57. The fourth-order valence-electron chi connectivity index (χ4n) is 2.90. The van der Waals surface area contributed by atoms with Crippen molar-refractivity contribution in [2.75, 3.05) is 13.1 Å². The number of nitrogens with zero attached hydrogens (tertiary/aromatic N) is 1. The lowest BCUT2D eigenvalue weighted by molar-refractivity contribution is -0.144. The predicted octanol–water partition coefficient (Wildman–Crippen LogP) is 1.53. The van der Waals surface area contributed by atoms with Crippen molar-refractivity contribution < 1.29 is 24.2 Å². The third kappa shape index (κ3) is 4.03. The molecular weight excluding hydrogens is 300 g/mol. The van der Waals surface area contributed by atoms with Gasteiger partial charge in [0.1, 0.15) is 5.60 Å². The molecule has 2 aliphatic rings. The Morgan fingerprint density at radius 1 is 1.26 bits per heavy atom. The van der Waals surface area contributed by atoms with Crippen LogP contribution >= 0.6 is 0 Å². The van der Waals surface area contributed by atoms with E-state index >= 15 is 0 Å². The molecule has 0 spiro atoms. The number of nitrogens with one attached hydrogen (secondary N) is 1. The fraction of sp³-hybridized carbons (Fsp3) is 0.688. The summed E-state index contributed by atoms with van der Waals surface area (Å²) in [6.07, 6.45) is 4.69. The molecule has 0 aromatic carbocycles. The van der Waals surface area contributed by atoms with Gasteiger partial charge in [-0.2, -0.15) is 0 Å². The van der Waals surface area contributed by atoms with Crippen LogP contribution in [0.3, 0.4) is 0 Å². The van der Waals surface area contributed by atoms with Gasteiger partial charge in [-0.1, -0.05) is 12.2 Å². The molecule has 0 radical (unpaired) electrons. The number of carboxylic acids is 1. The van der Waals surface area contributed by atoms with E-state index in [9.17, 15) is 19.5 Å². The monoisotopic (exact) mass is 324 g/mol. The standard InChI is InChI=1S/C16H24N2O5/c1-15(2,3)23-14(22)17-16(13(20)21)8-9-18(10-16)12(19)11-6-4-5-7-11/h4-5,11H,6-10H2,1-3H3,(H,17,22)(H,20,21). The molecule has 1 heterocycles. The lowest BCUT2D eigenvalue weighted by atomic mass is 9.99. The van der Waals surface area contributed by atoms with Crippen molar-refractivity contribution in [3.05, 3.63) is 12.2 Å². The molecule has 128 valence electrons. The topological polar surface area (TPSA) is 95.9 Å². The second kappa shape index (κ2) is 6.22. The normalized spacial score (nSPS) is 24.7. The summed E-state index contributed by atoms with van der Waals surface area (Å²) in [7, 11) is 0. The minimum Gasteiger partial charge on any atom is -0.479 e. The van der Waals surface area contributed by atoms with Crippen molar-refractivity contribution in [3.63, 3.8) is 0 Å². The number of hydrogen-bond donors (Lipinski definition) is 2. The first kappa shape index (κ1) is 17.3. The zero-order valence-corrected chi connectivity index (χ0v) is 13.8. The van der Waals surface area contributed by atoms with Crippen LogP contribution in [0.1, 0.15) is 40.0 Å². The molecule has 7 nitrogen and oxygen atoms in total. The Hall–Kier alpha value is -2.05. The van der Waals surface area contributed by atoms with Crippen LogP contribution in [-0.4, -0.2) is 52.2 Å². The van der Waals surface area contributed by atoms with E-state index in [1.54, 1.807) is 20.8 Å². The molecule has 2 rings (SSSR count). The van der Waals surface area contributed by atoms with Gasteiger partial charge in [-0.05, 0) is 33.6 Å². The van der Waals surface area contributed by atoms with Crippen LogP contribution in [0.4, 0.5) is 4.79 Å². The summed E-state index contributed by atoms with van der Waals surface area (Å²) in [4.78, 5) is 37.6. The molecule has 1 aliphatic carbocycles. The second-order valence-electron chi connectivity index (χ2n) is 7.16. The van der Waals surface area contributed by atoms with Gasteiger partial charge < -0.3 is 20.1 Å². The summed E-state index contributed by atoms with van der Waals surface area (Å²) in [6, 6.07) is 0. The molecule has 1 aliphatic heterocycles. The van der Waals surface area contributed by atoms with E-state index in [1.165, 1.54) is 4.90 Å². The third-order valence-electron chi connectivity index (χ3n) is 4.09. The molecule has 0 saturated carbocycles. The van der Waals surface area contributed by atoms with Crippen LogP contribution < -0.4 is 5.32 Å². The SMILES string of the molecule is CC(C)(C)OC(=O)NC1(C(=O)O)CCN(C(=O)C2CC=CC2)C1. The Bertz CT molecular complexity index is 529. The Labute approximate surface area is 135 Å². The van der Waals surface area contributed by atoms with Crippen molar-refractivity contribution in [3.8, 4) is 0 Å². The van der Waals surface area contributed by atoms with Crippen molar-refractivity contribution in [2.24, 2.45) is 5.92 Å². The molecule has 0 aromatic rings. The van der Waals surface area contributed by atoms with Gasteiger partial charge in [0.2, 0.25) is 5.91 Å².